The van der Waals surface area contributed by atoms with Gasteiger partial charge in [-0.15, -0.1) is 23.1 Å². The minimum Gasteiger partial charge on any atom is -0.456 e. The molecule has 666 valence electrons. The lowest BCUT2D eigenvalue weighted by atomic mass is 9.84. The zero-order valence-electron chi connectivity index (χ0n) is 77.2. The summed E-state index contributed by atoms with van der Waals surface area (Å²) in [6.45, 7) is 0. The molecular weight excluding hydrogens is 1740 g/mol. The number of thiophene rings is 1. The topological polar surface area (TPSA) is 37.8 Å². The maximum atomic E-state index is 6.05. The second-order valence-electron chi connectivity index (χ2n) is 37.6. The number of allylic oxidation sites excluding steroid dienone is 9. The van der Waals surface area contributed by atoms with E-state index in [-0.39, 0.29) is 0 Å². The van der Waals surface area contributed by atoms with Crippen LogP contribution in [0, 0.1) is 0 Å². The van der Waals surface area contributed by atoms with E-state index in [1.54, 1.807) is 11.1 Å². The normalized spacial score (nSPS) is 15.1. The predicted molar refractivity (Wildman–Crippen MR) is 596 cm³/mol. The summed E-state index contributed by atoms with van der Waals surface area (Å²) < 4.78 is 19.4. The highest BCUT2D eigenvalue weighted by Crippen LogP contribution is 2.52. The molecule has 0 amide bonds. The third-order valence-corrected chi connectivity index (χ3v) is 32.2. The number of furan rings is 1. The molecule has 0 fully saturated rings. The number of fused-ring (bicyclic) bond motifs is 23. The van der Waals surface area contributed by atoms with E-state index in [1.807, 2.05) is 23.5 Å². The summed E-state index contributed by atoms with van der Waals surface area (Å²) in [4.78, 5) is 2.93. The molecule has 5 aliphatic carbocycles. The lowest BCUT2D eigenvalue weighted by Gasteiger charge is -2.20. The minimum atomic E-state index is 0.377. The lowest BCUT2D eigenvalue weighted by Crippen LogP contribution is -2.08. The largest absolute Gasteiger partial charge is 0.456 e. The average Bonchev–Trinajstić information content (AvgIpc) is 1.59. The van der Waals surface area contributed by atoms with E-state index in [1.165, 1.54) is 237 Å². The number of aromatic nitrogens is 5. The number of hydrogen-bond acceptors (Lipinski definition) is 3. The molecule has 7 aromatic heterocycles. The van der Waals surface area contributed by atoms with E-state index >= 15 is 0 Å². The van der Waals surface area contributed by atoms with E-state index < -0.39 is 0 Å². The summed E-state index contributed by atoms with van der Waals surface area (Å²) in [6.07, 6.45) is 32.6. The first-order valence-electron chi connectivity index (χ1n) is 49.2. The van der Waals surface area contributed by atoms with Crippen LogP contribution >= 0.6 is 23.1 Å². The first kappa shape index (κ1) is 82.9. The average molecular weight is 1830 g/mol. The van der Waals surface area contributed by atoms with Crippen molar-refractivity contribution in [1.82, 2.24) is 22.8 Å². The van der Waals surface area contributed by atoms with E-state index in [2.05, 4.69) is 490 Å². The van der Waals surface area contributed by atoms with E-state index in [9.17, 15) is 0 Å². The Kier molecular flexibility index (Phi) is 20.7. The van der Waals surface area contributed by atoms with Crippen molar-refractivity contribution in [3.05, 3.63) is 509 Å². The van der Waals surface area contributed by atoms with Crippen molar-refractivity contribution >= 4 is 166 Å². The van der Waals surface area contributed by atoms with Crippen molar-refractivity contribution in [2.75, 3.05) is 0 Å². The van der Waals surface area contributed by atoms with Gasteiger partial charge < -0.3 is 27.3 Å². The van der Waals surface area contributed by atoms with Gasteiger partial charge in [0, 0.05) is 119 Å². The van der Waals surface area contributed by atoms with Gasteiger partial charge in [0.2, 0.25) is 0 Å². The molecule has 17 aromatic carbocycles. The molecule has 8 heteroatoms. The Morgan fingerprint density at radius 1 is 0.279 bits per heavy atom. The van der Waals surface area contributed by atoms with Crippen molar-refractivity contribution in [2.24, 2.45) is 0 Å². The fraction of sp³-hybridized carbons (Fsp3) is 0.0758. The van der Waals surface area contributed by atoms with E-state index in [0.717, 1.165) is 49.7 Å². The first-order chi connectivity index (χ1) is 69.4. The maximum absolute atomic E-state index is 6.05. The van der Waals surface area contributed by atoms with E-state index in [0.29, 0.717) is 11.2 Å². The van der Waals surface area contributed by atoms with Crippen molar-refractivity contribution in [2.45, 2.75) is 62.5 Å². The fourth-order valence-corrected chi connectivity index (χ4v) is 25.6. The first-order valence-corrected chi connectivity index (χ1v) is 50.9. The molecule has 2 unspecified atom stereocenters. The molecule has 30 rings (SSSR count). The molecule has 0 radical (unpaired) electrons. The van der Waals surface area contributed by atoms with Crippen LogP contribution in [0.5, 0.6) is 0 Å². The van der Waals surface area contributed by atoms with Crippen LogP contribution in [0.3, 0.4) is 0 Å². The zero-order chi connectivity index (χ0) is 92.2. The van der Waals surface area contributed by atoms with Crippen molar-refractivity contribution in [1.29, 1.82) is 0 Å². The smallest absolute Gasteiger partial charge is 0.135 e. The number of nitrogens with zero attached hydrogens (tertiary/aromatic N) is 5. The van der Waals surface area contributed by atoms with Gasteiger partial charge in [-0.05, 0) is 311 Å². The Morgan fingerprint density at radius 2 is 0.721 bits per heavy atom. The van der Waals surface area contributed by atoms with Crippen LogP contribution in [0.25, 0.3) is 205 Å². The predicted octanol–water partition coefficient (Wildman–Crippen LogP) is 35.7. The van der Waals surface area contributed by atoms with Gasteiger partial charge in [-0.25, -0.2) is 0 Å². The number of thioether (sulfide) groups is 1. The molecule has 1 aliphatic heterocycles. The van der Waals surface area contributed by atoms with Crippen LogP contribution in [0.15, 0.2) is 469 Å². The SMILES string of the molecule is C1=CC2=C(CC1)C1=CC(c3ccc4c(c3)c3ccccc3n4-c3ccccc3)=CCC1S2.C1=Cc2c(c3c(n2-c2ccccc2)C=CC(c2ccc4oc5ccccc5c4c2)C3)CC1.C1=Cc2sc3ccc(-c4ccc5c(c4)c4ccccc4n5-c4cccc(-c5ccccc5)c4)cc3c2CC1.c1ccc(-n2c3ccccc3c3cc(-c4ccc5c6ccccc6n(-c6ccccc6)c5c4)ccc32)cc1. The molecule has 0 saturated carbocycles. The highest BCUT2D eigenvalue weighted by Gasteiger charge is 2.33. The van der Waals surface area contributed by atoms with Crippen LogP contribution < -0.4 is 0 Å². The van der Waals surface area contributed by atoms with Crippen molar-refractivity contribution in [3.8, 4) is 61.8 Å². The number of hydrogen-bond donors (Lipinski definition) is 0. The Balaban J connectivity index is 0.0000000940. The zero-order valence-corrected chi connectivity index (χ0v) is 78.9. The highest BCUT2D eigenvalue weighted by molar-refractivity contribution is 8.04. The van der Waals surface area contributed by atoms with Gasteiger partial charge in [-0.3, -0.25) is 0 Å². The Hall–Kier alpha value is -16.5. The summed E-state index contributed by atoms with van der Waals surface area (Å²) in [5, 5.41) is 14.7. The van der Waals surface area contributed by atoms with Crippen molar-refractivity contribution < 1.29 is 4.42 Å². The molecule has 8 heterocycles. The molecule has 0 spiro atoms. The molecule has 24 aromatic rings. The molecule has 0 N–H and O–H groups in total. The molecule has 2 atom stereocenters. The molecule has 0 saturated heterocycles. The summed E-state index contributed by atoms with van der Waals surface area (Å²) >= 11 is 3.98. The Bertz CT molecular complexity index is 9340. The highest BCUT2D eigenvalue weighted by atomic mass is 32.2. The maximum Gasteiger partial charge on any atom is 0.135 e. The van der Waals surface area contributed by atoms with Crippen LogP contribution in [-0.4, -0.2) is 28.1 Å². The Morgan fingerprint density at radius 3 is 1.35 bits per heavy atom. The van der Waals surface area contributed by atoms with Crippen LogP contribution in [-0.2, 0) is 19.3 Å². The second kappa shape index (κ2) is 34.9. The van der Waals surface area contributed by atoms with Gasteiger partial charge in [0.15, 0.2) is 0 Å². The fourth-order valence-electron chi connectivity index (χ4n) is 23.1. The van der Waals surface area contributed by atoms with Gasteiger partial charge in [-0.1, -0.05) is 291 Å². The number of benzene rings is 17. The third-order valence-electron chi connectivity index (χ3n) is 29.6. The third kappa shape index (κ3) is 14.4. The van der Waals surface area contributed by atoms with Gasteiger partial charge in [0.25, 0.3) is 0 Å². The molecule has 6 aliphatic rings. The van der Waals surface area contributed by atoms with Crippen LogP contribution in [0.2, 0.25) is 0 Å². The van der Waals surface area contributed by atoms with Gasteiger partial charge in [0.1, 0.15) is 11.2 Å². The Labute approximate surface area is 820 Å². The quantitative estimate of drug-likeness (QED) is 0.137. The minimum absolute atomic E-state index is 0.377. The molecule has 140 heavy (non-hydrogen) atoms. The summed E-state index contributed by atoms with van der Waals surface area (Å²) in [5.41, 5.74) is 39.8. The van der Waals surface area contributed by atoms with Gasteiger partial charge in [-0.2, -0.15) is 0 Å². The number of rotatable bonds is 10. The number of aryl methyl sites for hydroxylation is 1. The van der Waals surface area contributed by atoms with E-state index in [4.69, 9.17) is 4.42 Å². The van der Waals surface area contributed by atoms with Crippen LogP contribution in [0.4, 0.5) is 0 Å². The number of para-hydroxylation sites is 9. The molecular formula is C132H95N5OS2. The standard InChI is InChI=1S/C36H24N2.C36H25NS.C30H23NO.C30H23NS/c1-3-11-27(12-4-1)37-34-18-10-8-16-30(34)32-23-25(20-22-35(32)37)26-19-21-31-29-15-7-9-17-33(29)38(36(31)24-26)28-13-5-2-6-14-28;1-2-9-24(10-3-1)25-11-8-12-28(21-25)37-33-15-6-4-13-29(33)31-22-26(17-19-34(31)37)27-18-20-36-32(23-27)30-14-5-7-16-35(30)38-36;2*1-2-8-22(9-3-1)31-27-12-6-4-10-23(27)25-18-20(14-16-28(25)31)21-15-17-30-26(19-21)24-11-5-7-13-29(24)32-30/h1-24H;1-4,6-13,15-23H,5,14H2;1-3,5-9,11-17,19-20H,4,10,18H2;1-4,6-10,12-16,18-19,30H,5,11,17H2. The summed E-state index contributed by atoms with van der Waals surface area (Å²) in [6, 6.07) is 147. The summed E-state index contributed by atoms with van der Waals surface area (Å²) in [7, 11) is 0. The molecule has 0 bridgehead atoms. The monoisotopic (exact) mass is 1830 g/mol. The summed E-state index contributed by atoms with van der Waals surface area (Å²) in [5.74, 6) is 0.377. The van der Waals surface area contributed by atoms with Crippen LogP contribution in [0.1, 0.15) is 82.1 Å². The van der Waals surface area contributed by atoms with Gasteiger partial charge >= 0.3 is 0 Å². The van der Waals surface area contributed by atoms with Crippen molar-refractivity contribution in [3.63, 3.8) is 0 Å². The molecule has 6 nitrogen and oxygen atoms in total. The van der Waals surface area contributed by atoms with Gasteiger partial charge in [0.05, 0.1) is 44.1 Å². The lowest BCUT2D eigenvalue weighted by molar-refractivity contribution is 0.668. The second-order valence-corrected chi connectivity index (χ2v) is 39.9.